The van der Waals surface area contributed by atoms with Gasteiger partial charge in [-0.2, -0.15) is 0 Å². The normalized spacial score (nSPS) is 10.4. The molecule has 0 saturated carbocycles. The summed E-state index contributed by atoms with van der Waals surface area (Å²) in [5.74, 6) is -0.202. The fourth-order valence-electron chi connectivity index (χ4n) is 1.58. The van der Waals surface area contributed by atoms with Crippen molar-refractivity contribution in [3.63, 3.8) is 0 Å². The smallest absolute Gasteiger partial charge is 0.234 e. The second kappa shape index (κ2) is 6.60. The molecule has 0 aromatic carbocycles. The summed E-state index contributed by atoms with van der Waals surface area (Å²) in [6, 6.07) is 3.94. The number of hydrogen-bond acceptors (Lipinski definition) is 5. The number of pyridine rings is 1. The fraction of sp³-hybridized carbons (Fsp3) is 0.333. The Bertz CT molecular complexity index is 524. The molecule has 7 nitrogen and oxygen atoms in total. The molecule has 1 amide bonds. The third-order valence-corrected chi connectivity index (χ3v) is 2.62. The quantitative estimate of drug-likeness (QED) is 0.729. The van der Waals surface area contributed by atoms with E-state index in [1.165, 1.54) is 5.56 Å². The number of nitrogens with zero attached hydrogens (tertiary/aromatic N) is 4. The van der Waals surface area contributed by atoms with Gasteiger partial charge in [-0.25, -0.2) is 0 Å². The van der Waals surface area contributed by atoms with Gasteiger partial charge < -0.3 is 11.1 Å². The maximum Gasteiger partial charge on any atom is 0.234 e. The van der Waals surface area contributed by atoms with Gasteiger partial charge in [-0.15, -0.1) is 5.10 Å². The molecule has 0 atom stereocenters. The van der Waals surface area contributed by atoms with Crippen LogP contribution < -0.4 is 11.1 Å². The lowest BCUT2D eigenvalue weighted by molar-refractivity contribution is -0.119. The minimum Gasteiger partial charge on any atom is -0.349 e. The number of amides is 1. The van der Waals surface area contributed by atoms with Crippen molar-refractivity contribution in [1.29, 1.82) is 0 Å². The molecule has 100 valence electrons. The van der Waals surface area contributed by atoms with Crippen molar-refractivity contribution in [3.8, 4) is 0 Å². The van der Waals surface area contributed by atoms with Crippen molar-refractivity contribution in [2.24, 2.45) is 5.73 Å². The molecule has 2 aromatic rings. The van der Waals surface area contributed by atoms with Gasteiger partial charge in [-0.3, -0.25) is 14.5 Å². The molecule has 0 spiro atoms. The second-order valence-electron chi connectivity index (χ2n) is 4.06. The van der Waals surface area contributed by atoms with E-state index < -0.39 is 0 Å². The highest BCUT2D eigenvalue weighted by Gasteiger charge is 2.03. The van der Waals surface area contributed by atoms with Crippen LogP contribution in [0.3, 0.4) is 0 Å². The lowest BCUT2D eigenvalue weighted by atomic mass is 10.2. The van der Waals surface area contributed by atoms with Crippen LogP contribution in [0.25, 0.3) is 0 Å². The first-order valence-electron chi connectivity index (χ1n) is 6.02. The molecule has 0 aliphatic rings. The minimum absolute atomic E-state index is 0.0177. The van der Waals surface area contributed by atoms with Crippen LogP contribution >= 0.6 is 0 Å². The fourth-order valence-corrected chi connectivity index (χ4v) is 1.58. The van der Waals surface area contributed by atoms with Crippen molar-refractivity contribution >= 4 is 5.91 Å². The molecule has 0 saturated heterocycles. The first-order valence-corrected chi connectivity index (χ1v) is 6.02. The van der Waals surface area contributed by atoms with Crippen LogP contribution in [0.2, 0.25) is 0 Å². The molecular formula is C12H16N6O. The molecule has 19 heavy (non-hydrogen) atoms. The van der Waals surface area contributed by atoms with E-state index in [-0.39, 0.29) is 12.5 Å². The van der Waals surface area contributed by atoms with Crippen LogP contribution in [0.4, 0.5) is 0 Å². The van der Waals surface area contributed by atoms with Crippen LogP contribution in [-0.4, -0.2) is 32.4 Å². The predicted octanol–water partition coefficient (Wildman–Crippen LogP) is -0.509. The molecule has 3 N–H and O–H groups in total. The van der Waals surface area contributed by atoms with Gasteiger partial charge in [0, 0.05) is 18.9 Å². The van der Waals surface area contributed by atoms with Crippen molar-refractivity contribution in [3.05, 3.63) is 42.0 Å². The van der Waals surface area contributed by atoms with E-state index >= 15 is 0 Å². The number of nitrogens with one attached hydrogen (secondary N) is 1. The van der Waals surface area contributed by atoms with Gasteiger partial charge in [0.1, 0.15) is 5.69 Å². The number of aromatic nitrogens is 4. The summed E-state index contributed by atoms with van der Waals surface area (Å²) in [6.45, 7) is 1.07. The van der Waals surface area contributed by atoms with Crippen molar-refractivity contribution in [2.45, 2.75) is 19.5 Å². The molecule has 0 unspecified atom stereocenters. The predicted molar refractivity (Wildman–Crippen MR) is 68.9 cm³/mol. The number of carbonyl (C=O) groups is 1. The Morgan fingerprint density at radius 1 is 1.37 bits per heavy atom. The van der Waals surface area contributed by atoms with Crippen molar-refractivity contribution in [1.82, 2.24) is 25.3 Å². The molecule has 2 heterocycles. The highest BCUT2D eigenvalue weighted by atomic mass is 16.1. The van der Waals surface area contributed by atoms with E-state index in [2.05, 4.69) is 20.6 Å². The molecule has 0 aliphatic heterocycles. The van der Waals surface area contributed by atoms with Gasteiger partial charge >= 0.3 is 0 Å². The second-order valence-corrected chi connectivity index (χ2v) is 4.06. The minimum atomic E-state index is -0.202. The molecule has 0 bridgehead atoms. The summed E-state index contributed by atoms with van der Waals surface area (Å²) in [4.78, 5) is 15.0. The Hall–Kier alpha value is -2.28. The van der Waals surface area contributed by atoms with Crippen molar-refractivity contribution < 1.29 is 4.79 Å². The molecule has 0 aliphatic carbocycles. The maximum atomic E-state index is 11.0. The van der Waals surface area contributed by atoms with Crippen LogP contribution in [0.5, 0.6) is 0 Å². The lowest BCUT2D eigenvalue weighted by Gasteiger charge is -2.00. The van der Waals surface area contributed by atoms with E-state index in [4.69, 9.17) is 5.73 Å². The van der Waals surface area contributed by atoms with Gasteiger partial charge in [0.25, 0.3) is 0 Å². The molecule has 2 aromatic heterocycles. The zero-order valence-electron chi connectivity index (χ0n) is 10.5. The van der Waals surface area contributed by atoms with E-state index in [0.717, 1.165) is 18.7 Å². The van der Waals surface area contributed by atoms with E-state index in [1.54, 1.807) is 17.1 Å². The summed E-state index contributed by atoms with van der Waals surface area (Å²) in [5.41, 5.74) is 7.11. The summed E-state index contributed by atoms with van der Waals surface area (Å²) < 4.78 is 1.75. The highest BCUT2D eigenvalue weighted by Crippen LogP contribution is 2.00. The SMILES string of the molecule is NCC(=O)NCc1cn(CCc2ccncc2)nn1. The largest absolute Gasteiger partial charge is 0.349 e. The third kappa shape index (κ3) is 4.14. The zero-order valence-corrected chi connectivity index (χ0v) is 10.5. The van der Waals surface area contributed by atoms with Gasteiger partial charge in [0.15, 0.2) is 0 Å². The Labute approximate surface area is 110 Å². The summed E-state index contributed by atoms with van der Waals surface area (Å²) >= 11 is 0. The van der Waals surface area contributed by atoms with Crippen molar-refractivity contribution in [2.75, 3.05) is 6.54 Å². The average Bonchev–Trinajstić information content (AvgIpc) is 2.91. The lowest BCUT2D eigenvalue weighted by Crippen LogP contribution is -2.29. The van der Waals surface area contributed by atoms with Gasteiger partial charge in [-0.1, -0.05) is 5.21 Å². The molecule has 7 heteroatoms. The van der Waals surface area contributed by atoms with E-state index in [1.807, 2.05) is 18.3 Å². The first kappa shape index (κ1) is 13.2. The van der Waals surface area contributed by atoms with E-state index in [9.17, 15) is 4.79 Å². The van der Waals surface area contributed by atoms with E-state index in [0.29, 0.717) is 6.54 Å². The van der Waals surface area contributed by atoms with Crippen LogP contribution in [0.1, 0.15) is 11.3 Å². The number of hydrogen-bond donors (Lipinski definition) is 2. The topological polar surface area (TPSA) is 98.7 Å². The highest BCUT2D eigenvalue weighted by molar-refractivity contribution is 5.77. The Balaban J connectivity index is 1.82. The maximum absolute atomic E-state index is 11.0. The van der Waals surface area contributed by atoms with Crippen LogP contribution in [-0.2, 0) is 24.3 Å². The number of aryl methyl sites for hydroxylation is 2. The van der Waals surface area contributed by atoms with Crippen LogP contribution in [0.15, 0.2) is 30.7 Å². The molecule has 2 rings (SSSR count). The Morgan fingerprint density at radius 3 is 2.89 bits per heavy atom. The third-order valence-electron chi connectivity index (χ3n) is 2.62. The Morgan fingerprint density at radius 2 is 2.16 bits per heavy atom. The van der Waals surface area contributed by atoms with Gasteiger partial charge in [0.2, 0.25) is 5.91 Å². The molecular weight excluding hydrogens is 244 g/mol. The number of nitrogens with two attached hydrogens (primary N) is 1. The van der Waals surface area contributed by atoms with Gasteiger partial charge in [0.05, 0.1) is 19.3 Å². The molecule has 0 radical (unpaired) electrons. The summed E-state index contributed by atoms with van der Waals surface area (Å²) in [7, 11) is 0. The summed E-state index contributed by atoms with van der Waals surface area (Å²) in [5, 5.41) is 10.6. The van der Waals surface area contributed by atoms with Crippen LogP contribution in [0, 0.1) is 0 Å². The first-order chi connectivity index (χ1) is 9.28. The average molecular weight is 260 g/mol. The van der Waals surface area contributed by atoms with Gasteiger partial charge in [-0.05, 0) is 24.1 Å². The Kier molecular flexibility index (Phi) is 4.57. The summed E-state index contributed by atoms with van der Waals surface area (Å²) in [6.07, 6.45) is 6.22. The number of carbonyl (C=O) groups excluding carboxylic acids is 1. The monoisotopic (exact) mass is 260 g/mol. The number of rotatable bonds is 6. The zero-order chi connectivity index (χ0) is 13.5. The standard InChI is InChI=1S/C12H16N6O/c13-7-12(19)15-8-11-9-18(17-16-11)6-3-10-1-4-14-5-2-10/h1-2,4-5,9H,3,6-8,13H2,(H,15,19). The molecule has 0 fully saturated rings.